The minimum absolute atomic E-state index is 0.0342. The molecule has 4 nitrogen and oxygen atoms in total. The van der Waals surface area contributed by atoms with E-state index in [4.69, 9.17) is 4.52 Å². The van der Waals surface area contributed by atoms with Crippen LogP contribution in [0.25, 0.3) is 0 Å². The van der Waals surface area contributed by atoms with Crippen molar-refractivity contribution >= 4 is 5.91 Å². The van der Waals surface area contributed by atoms with Crippen molar-refractivity contribution in [2.24, 2.45) is 0 Å². The van der Waals surface area contributed by atoms with Crippen molar-refractivity contribution in [1.82, 2.24) is 10.1 Å². The summed E-state index contributed by atoms with van der Waals surface area (Å²) in [4.78, 5) is 14.2. The van der Waals surface area contributed by atoms with Crippen molar-refractivity contribution in [2.45, 2.75) is 32.0 Å². The third kappa shape index (κ3) is 3.09. The maximum atomic E-state index is 12.8. The minimum atomic E-state index is -4.47. The largest absolute Gasteiger partial charge is 0.416 e. The number of alkyl halides is 3. The quantitative estimate of drug-likeness (QED) is 0.839. The third-order valence-corrected chi connectivity index (χ3v) is 3.94. The van der Waals surface area contributed by atoms with E-state index in [1.165, 1.54) is 12.1 Å². The molecule has 0 saturated carbocycles. The SMILES string of the molecule is Cc1cc([C@H]2CCCN2C(=O)c2cccc(C(F)(F)F)c2)no1. The molecule has 0 aliphatic carbocycles. The number of hydrogen-bond acceptors (Lipinski definition) is 3. The van der Waals surface area contributed by atoms with Gasteiger partial charge in [-0.25, -0.2) is 0 Å². The number of aromatic nitrogens is 1. The minimum Gasteiger partial charge on any atom is -0.361 e. The molecule has 1 aromatic heterocycles. The van der Waals surface area contributed by atoms with E-state index < -0.39 is 17.6 Å². The second-order valence-electron chi connectivity index (χ2n) is 5.60. The summed E-state index contributed by atoms with van der Waals surface area (Å²) in [6.45, 7) is 2.25. The molecule has 1 fully saturated rings. The molecule has 1 atom stereocenters. The molecule has 2 heterocycles. The standard InChI is InChI=1S/C16H15F3N2O2/c1-10-8-13(20-23-10)14-6-3-7-21(14)15(22)11-4-2-5-12(9-11)16(17,18)19/h2,4-5,8-9,14H,3,6-7H2,1H3/t14-/m1/s1. The van der Waals surface area contributed by atoms with Crippen LogP contribution in [-0.4, -0.2) is 22.5 Å². The van der Waals surface area contributed by atoms with Crippen LogP contribution in [0, 0.1) is 6.92 Å². The van der Waals surface area contributed by atoms with Gasteiger partial charge in [0.2, 0.25) is 0 Å². The molecule has 1 aliphatic rings. The van der Waals surface area contributed by atoms with Crippen molar-refractivity contribution in [3.05, 3.63) is 52.9 Å². The lowest BCUT2D eigenvalue weighted by Crippen LogP contribution is -2.31. The lowest BCUT2D eigenvalue weighted by Gasteiger charge is -2.23. The van der Waals surface area contributed by atoms with E-state index in [1.807, 2.05) is 0 Å². The van der Waals surface area contributed by atoms with E-state index in [-0.39, 0.29) is 11.6 Å². The maximum absolute atomic E-state index is 12.8. The Hall–Kier alpha value is -2.31. The van der Waals surface area contributed by atoms with Crippen molar-refractivity contribution in [1.29, 1.82) is 0 Å². The van der Waals surface area contributed by atoms with Crippen LogP contribution in [0.4, 0.5) is 13.2 Å². The number of aryl methyl sites for hydroxylation is 1. The molecule has 0 N–H and O–H groups in total. The molecule has 122 valence electrons. The van der Waals surface area contributed by atoms with Gasteiger partial charge in [-0.3, -0.25) is 4.79 Å². The Morgan fingerprint density at radius 3 is 2.78 bits per heavy atom. The number of amides is 1. The molecule has 1 saturated heterocycles. The summed E-state index contributed by atoms with van der Waals surface area (Å²) in [5.74, 6) is 0.220. The smallest absolute Gasteiger partial charge is 0.361 e. The fourth-order valence-electron chi connectivity index (χ4n) is 2.85. The second kappa shape index (κ2) is 5.72. The van der Waals surface area contributed by atoms with Crippen LogP contribution in [0.1, 0.15) is 46.3 Å². The van der Waals surface area contributed by atoms with Crippen molar-refractivity contribution in [2.75, 3.05) is 6.54 Å². The molecule has 3 rings (SSSR count). The van der Waals surface area contributed by atoms with E-state index in [0.717, 1.165) is 25.0 Å². The number of rotatable bonds is 2. The highest BCUT2D eigenvalue weighted by Gasteiger charge is 2.35. The normalized spacial score (nSPS) is 18.4. The van der Waals surface area contributed by atoms with Crippen molar-refractivity contribution in [3.8, 4) is 0 Å². The van der Waals surface area contributed by atoms with Gasteiger partial charge in [0, 0.05) is 18.2 Å². The number of likely N-dealkylation sites (tertiary alicyclic amines) is 1. The molecular formula is C16H15F3N2O2. The molecule has 1 amide bonds. The van der Waals surface area contributed by atoms with Crippen LogP contribution < -0.4 is 0 Å². The van der Waals surface area contributed by atoms with E-state index in [1.54, 1.807) is 17.9 Å². The molecule has 7 heteroatoms. The molecule has 0 unspecified atom stereocenters. The van der Waals surface area contributed by atoms with Crippen molar-refractivity contribution in [3.63, 3.8) is 0 Å². The molecule has 0 bridgehead atoms. The highest BCUT2D eigenvalue weighted by Crippen LogP contribution is 2.34. The average molecular weight is 324 g/mol. The summed E-state index contributed by atoms with van der Waals surface area (Å²) in [5.41, 5.74) is -0.149. The highest BCUT2D eigenvalue weighted by atomic mass is 19.4. The Kier molecular flexibility index (Phi) is 3.87. The van der Waals surface area contributed by atoms with Gasteiger partial charge < -0.3 is 9.42 Å². The predicted octanol–water partition coefficient (Wildman–Crippen LogP) is 3.98. The predicted molar refractivity (Wildman–Crippen MR) is 75.7 cm³/mol. The molecule has 1 aromatic carbocycles. The van der Waals surface area contributed by atoms with Crippen molar-refractivity contribution < 1.29 is 22.5 Å². The van der Waals surface area contributed by atoms with E-state index in [0.29, 0.717) is 18.0 Å². The first-order valence-corrected chi connectivity index (χ1v) is 7.28. The third-order valence-electron chi connectivity index (χ3n) is 3.94. The molecule has 2 aromatic rings. The van der Waals surface area contributed by atoms with Crippen LogP contribution in [0.2, 0.25) is 0 Å². The Labute approximate surface area is 130 Å². The topological polar surface area (TPSA) is 46.3 Å². The van der Waals surface area contributed by atoms with Crippen LogP contribution in [-0.2, 0) is 6.18 Å². The molecule has 0 radical (unpaired) electrons. The summed E-state index contributed by atoms with van der Waals surface area (Å²) in [6, 6.07) is 6.00. The Bertz CT molecular complexity index is 724. The summed E-state index contributed by atoms with van der Waals surface area (Å²) in [5, 5.41) is 3.93. The number of nitrogens with zero attached hydrogens (tertiary/aromatic N) is 2. The number of benzene rings is 1. The van der Waals surface area contributed by atoms with E-state index in [9.17, 15) is 18.0 Å². The molecular weight excluding hydrogens is 309 g/mol. The van der Waals surface area contributed by atoms with Gasteiger partial charge in [0.25, 0.3) is 5.91 Å². The van der Waals surface area contributed by atoms with Gasteiger partial charge in [-0.1, -0.05) is 11.2 Å². The Morgan fingerprint density at radius 1 is 1.35 bits per heavy atom. The lowest BCUT2D eigenvalue weighted by molar-refractivity contribution is -0.137. The monoisotopic (exact) mass is 324 g/mol. The second-order valence-corrected chi connectivity index (χ2v) is 5.60. The highest BCUT2D eigenvalue weighted by molar-refractivity contribution is 5.94. The van der Waals surface area contributed by atoms with Crippen LogP contribution in [0.15, 0.2) is 34.9 Å². The molecule has 0 spiro atoms. The zero-order valence-corrected chi connectivity index (χ0v) is 12.4. The summed E-state index contributed by atoms with van der Waals surface area (Å²) >= 11 is 0. The molecule has 23 heavy (non-hydrogen) atoms. The van der Waals surface area contributed by atoms with Gasteiger partial charge >= 0.3 is 6.18 Å². The fraction of sp³-hybridized carbons (Fsp3) is 0.375. The van der Waals surface area contributed by atoms with Crippen LogP contribution in [0.3, 0.4) is 0 Å². The number of carbonyl (C=O) groups is 1. The number of carbonyl (C=O) groups excluding carboxylic acids is 1. The van der Waals surface area contributed by atoms with Gasteiger partial charge in [0.1, 0.15) is 11.5 Å². The Balaban J connectivity index is 1.87. The summed E-state index contributed by atoms with van der Waals surface area (Å²) in [7, 11) is 0. The average Bonchev–Trinajstić information content (AvgIpc) is 3.14. The fourth-order valence-corrected chi connectivity index (χ4v) is 2.85. The van der Waals surface area contributed by atoms with E-state index >= 15 is 0 Å². The number of halogens is 3. The summed E-state index contributed by atoms with van der Waals surface area (Å²) < 4.78 is 43.5. The first-order chi connectivity index (χ1) is 10.9. The van der Waals surface area contributed by atoms with E-state index in [2.05, 4.69) is 5.16 Å². The zero-order valence-electron chi connectivity index (χ0n) is 12.4. The van der Waals surface area contributed by atoms with Gasteiger partial charge in [-0.05, 0) is 38.0 Å². The van der Waals surface area contributed by atoms with Gasteiger partial charge in [0.05, 0.1) is 11.6 Å². The first-order valence-electron chi connectivity index (χ1n) is 7.28. The Morgan fingerprint density at radius 2 is 2.13 bits per heavy atom. The summed E-state index contributed by atoms with van der Waals surface area (Å²) in [6.07, 6.45) is -2.97. The zero-order chi connectivity index (χ0) is 16.6. The van der Waals surface area contributed by atoms with Gasteiger partial charge in [-0.2, -0.15) is 13.2 Å². The number of hydrogen-bond donors (Lipinski definition) is 0. The van der Waals surface area contributed by atoms with Gasteiger partial charge in [0.15, 0.2) is 0 Å². The lowest BCUT2D eigenvalue weighted by atomic mass is 10.1. The van der Waals surface area contributed by atoms with Gasteiger partial charge in [-0.15, -0.1) is 0 Å². The molecule has 1 aliphatic heterocycles. The first kappa shape index (κ1) is 15.6. The maximum Gasteiger partial charge on any atom is 0.416 e. The van der Waals surface area contributed by atoms with Crippen LogP contribution in [0.5, 0.6) is 0 Å². The van der Waals surface area contributed by atoms with Crippen LogP contribution >= 0.6 is 0 Å².